The Balaban J connectivity index is 1.05. The van der Waals surface area contributed by atoms with Gasteiger partial charge in [0.2, 0.25) is 0 Å². The molecule has 2 aromatic carbocycles. The van der Waals surface area contributed by atoms with Crippen molar-refractivity contribution in [1.82, 2.24) is 14.4 Å². The second-order valence-electron chi connectivity index (χ2n) is 11.0. The highest BCUT2D eigenvalue weighted by atomic mass is 16.5. The van der Waals surface area contributed by atoms with Crippen LogP contribution in [-0.2, 0) is 0 Å². The van der Waals surface area contributed by atoms with Gasteiger partial charge in [-0.05, 0) is 81.8 Å². The topological polar surface area (TPSA) is 54.8 Å². The number of hydrogen-bond donors (Lipinski definition) is 0. The van der Waals surface area contributed by atoms with E-state index in [1.807, 2.05) is 4.90 Å². The molecule has 6 rings (SSSR count). The third-order valence-electron chi connectivity index (χ3n) is 8.75. The minimum atomic E-state index is 0.0157. The van der Waals surface area contributed by atoms with Gasteiger partial charge in [0, 0.05) is 66.5 Å². The van der Waals surface area contributed by atoms with Gasteiger partial charge in [0.15, 0.2) is 5.78 Å². The Labute approximate surface area is 219 Å². The molecule has 2 aliphatic heterocycles. The Kier molecular flexibility index (Phi) is 6.76. The van der Waals surface area contributed by atoms with Gasteiger partial charge in [-0.2, -0.15) is 0 Å². The molecule has 0 unspecified atom stereocenters. The lowest BCUT2D eigenvalue weighted by atomic mass is 9.90. The summed E-state index contributed by atoms with van der Waals surface area (Å²) in [6, 6.07) is 16.9. The summed E-state index contributed by atoms with van der Waals surface area (Å²) in [6.45, 7) is 5.34. The second kappa shape index (κ2) is 10.3. The van der Waals surface area contributed by atoms with E-state index in [4.69, 9.17) is 4.74 Å². The zero-order valence-electron chi connectivity index (χ0n) is 21.8. The summed E-state index contributed by atoms with van der Waals surface area (Å²) in [5.41, 5.74) is 2.52. The number of amides is 1. The zero-order chi connectivity index (χ0) is 25.4. The fraction of sp³-hybridized carbons (Fsp3) is 0.484. The lowest BCUT2D eigenvalue weighted by molar-refractivity contribution is 0.0494. The van der Waals surface area contributed by atoms with Crippen molar-refractivity contribution in [2.24, 2.45) is 0 Å². The molecule has 1 saturated carbocycles. The second-order valence-corrected chi connectivity index (χ2v) is 11.0. The van der Waals surface area contributed by atoms with Crippen molar-refractivity contribution in [1.29, 1.82) is 0 Å². The number of Topliss-reactive ketones (excluding diaryl/α,β-unsaturated/α-hetero) is 1. The fourth-order valence-electron chi connectivity index (χ4n) is 6.21. The molecule has 1 amide bonds. The molecule has 0 bridgehead atoms. The quantitative estimate of drug-likeness (QED) is 0.407. The molecule has 0 spiro atoms. The van der Waals surface area contributed by atoms with E-state index in [9.17, 15) is 9.59 Å². The van der Waals surface area contributed by atoms with Crippen molar-refractivity contribution in [3.05, 3.63) is 65.9 Å². The molecule has 194 valence electrons. The normalized spacial score (nSPS) is 20.2. The Morgan fingerprint density at radius 3 is 2.14 bits per heavy atom. The van der Waals surface area contributed by atoms with E-state index >= 15 is 0 Å². The molecule has 3 fully saturated rings. The molecule has 0 atom stereocenters. The first-order valence-corrected chi connectivity index (χ1v) is 14.0. The molecule has 37 heavy (non-hydrogen) atoms. The fourth-order valence-corrected chi connectivity index (χ4v) is 6.21. The molecule has 3 aromatic rings. The SMILES string of the molecule is CC(=O)c1ccc(C(=O)N2CCC(n3ccc4cc(OC5CCN(C6CCC6)CC5)ccc43)CC2)cc1. The van der Waals surface area contributed by atoms with Crippen LogP contribution in [0.3, 0.4) is 0 Å². The summed E-state index contributed by atoms with van der Waals surface area (Å²) in [7, 11) is 0. The van der Waals surface area contributed by atoms with Gasteiger partial charge < -0.3 is 19.1 Å². The summed E-state index contributed by atoms with van der Waals surface area (Å²) < 4.78 is 8.78. The average molecular weight is 500 g/mol. The van der Waals surface area contributed by atoms with Gasteiger partial charge in [0.1, 0.15) is 11.9 Å². The van der Waals surface area contributed by atoms with Crippen molar-refractivity contribution in [2.45, 2.75) is 70.1 Å². The first-order valence-electron chi connectivity index (χ1n) is 14.0. The minimum Gasteiger partial charge on any atom is -0.490 e. The van der Waals surface area contributed by atoms with E-state index in [0.717, 1.165) is 50.6 Å². The van der Waals surface area contributed by atoms with Crippen molar-refractivity contribution >= 4 is 22.6 Å². The van der Waals surface area contributed by atoms with Crippen LogP contribution in [0.2, 0.25) is 0 Å². The molecule has 3 heterocycles. The highest BCUT2D eigenvalue weighted by molar-refractivity contribution is 5.97. The van der Waals surface area contributed by atoms with Gasteiger partial charge in [-0.3, -0.25) is 9.59 Å². The van der Waals surface area contributed by atoms with Crippen LogP contribution in [0.1, 0.15) is 78.6 Å². The molecule has 6 heteroatoms. The summed E-state index contributed by atoms with van der Waals surface area (Å²) in [5.74, 6) is 1.04. The number of likely N-dealkylation sites (tertiary alicyclic amines) is 2. The number of benzene rings is 2. The van der Waals surface area contributed by atoms with E-state index in [-0.39, 0.29) is 11.7 Å². The van der Waals surface area contributed by atoms with E-state index in [1.165, 1.54) is 43.3 Å². The molecule has 6 nitrogen and oxygen atoms in total. The van der Waals surface area contributed by atoms with Gasteiger partial charge >= 0.3 is 0 Å². The third kappa shape index (κ3) is 5.04. The Morgan fingerprint density at radius 2 is 1.49 bits per heavy atom. The largest absolute Gasteiger partial charge is 0.490 e. The monoisotopic (exact) mass is 499 g/mol. The highest BCUT2D eigenvalue weighted by Gasteiger charge is 2.29. The number of ether oxygens (including phenoxy) is 1. The molecule has 1 aromatic heterocycles. The molecule has 1 aliphatic carbocycles. The first-order chi connectivity index (χ1) is 18.0. The first kappa shape index (κ1) is 24.2. The van der Waals surface area contributed by atoms with Crippen molar-refractivity contribution in [2.75, 3.05) is 26.2 Å². The molecule has 0 N–H and O–H groups in total. The molecule has 0 radical (unpaired) electrons. The smallest absolute Gasteiger partial charge is 0.253 e. The van der Waals surface area contributed by atoms with Crippen LogP contribution in [0.4, 0.5) is 0 Å². The summed E-state index contributed by atoms with van der Waals surface area (Å²) in [5, 5.41) is 1.22. The molecular weight excluding hydrogens is 462 g/mol. The van der Waals surface area contributed by atoms with E-state index in [2.05, 4.69) is 39.9 Å². The predicted molar refractivity (Wildman–Crippen MR) is 145 cm³/mol. The number of fused-ring (bicyclic) bond motifs is 1. The number of carbonyl (C=O) groups excluding carboxylic acids is 2. The number of ketones is 1. The van der Waals surface area contributed by atoms with Gasteiger partial charge in [0.25, 0.3) is 5.91 Å². The highest BCUT2D eigenvalue weighted by Crippen LogP contribution is 2.32. The van der Waals surface area contributed by atoms with Crippen LogP contribution in [0.25, 0.3) is 10.9 Å². The standard InChI is InChI=1S/C31H37N3O3/c1-22(35)23-5-7-24(8-6-23)31(36)33-16-12-27(13-17-33)34-20-11-25-21-29(9-10-30(25)34)37-28-14-18-32(19-15-28)26-3-2-4-26/h5-11,20-21,26-28H,2-4,12-19H2,1H3. The maximum Gasteiger partial charge on any atom is 0.253 e. The summed E-state index contributed by atoms with van der Waals surface area (Å²) in [6.07, 6.45) is 10.8. The van der Waals surface area contributed by atoms with Crippen LogP contribution < -0.4 is 4.74 Å². The van der Waals surface area contributed by atoms with Gasteiger partial charge in [-0.25, -0.2) is 0 Å². The predicted octanol–water partition coefficient (Wildman–Crippen LogP) is 5.72. The Bertz CT molecular complexity index is 1260. The molecule has 3 aliphatic rings. The molecular formula is C31H37N3O3. The zero-order valence-corrected chi connectivity index (χ0v) is 21.8. The summed E-state index contributed by atoms with van der Waals surface area (Å²) in [4.78, 5) is 29.1. The van der Waals surface area contributed by atoms with E-state index in [1.54, 1.807) is 31.2 Å². The minimum absolute atomic E-state index is 0.0157. The maximum absolute atomic E-state index is 13.0. The van der Waals surface area contributed by atoms with Gasteiger partial charge in [0.05, 0.1) is 0 Å². The average Bonchev–Trinajstić information content (AvgIpc) is 3.32. The van der Waals surface area contributed by atoms with Crippen molar-refractivity contribution in [3.8, 4) is 5.75 Å². The Morgan fingerprint density at radius 1 is 0.784 bits per heavy atom. The van der Waals surface area contributed by atoms with Crippen LogP contribution in [0.5, 0.6) is 5.75 Å². The number of aromatic nitrogens is 1. The lowest BCUT2D eigenvalue weighted by Gasteiger charge is -2.41. The Hall–Kier alpha value is -3.12. The van der Waals surface area contributed by atoms with Crippen LogP contribution in [0.15, 0.2) is 54.7 Å². The van der Waals surface area contributed by atoms with Crippen molar-refractivity contribution < 1.29 is 14.3 Å². The van der Waals surface area contributed by atoms with Crippen LogP contribution >= 0.6 is 0 Å². The number of rotatable bonds is 6. The van der Waals surface area contributed by atoms with E-state index in [0.29, 0.717) is 23.3 Å². The van der Waals surface area contributed by atoms with Crippen LogP contribution in [-0.4, -0.2) is 64.4 Å². The number of piperidine rings is 2. The number of hydrogen-bond acceptors (Lipinski definition) is 4. The number of carbonyl (C=O) groups is 2. The van der Waals surface area contributed by atoms with Crippen LogP contribution in [0, 0.1) is 0 Å². The van der Waals surface area contributed by atoms with Crippen molar-refractivity contribution in [3.63, 3.8) is 0 Å². The molecule has 2 saturated heterocycles. The summed E-state index contributed by atoms with van der Waals surface area (Å²) >= 11 is 0. The number of nitrogens with zero attached hydrogens (tertiary/aromatic N) is 3. The lowest BCUT2D eigenvalue weighted by Crippen LogP contribution is -2.46. The third-order valence-corrected chi connectivity index (χ3v) is 8.75. The van der Waals surface area contributed by atoms with Gasteiger partial charge in [-0.1, -0.05) is 18.6 Å². The maximum atomic E-state index is 13.0. The van der Waals surface area contributed by atoms with Gasteiger partial charge in [-0.15, -0.1) is 0 Å². The van der Waals surface area contributed by atoms with E-state index < -0.39 is 0 Å².